The Morgan fingerprint density at radius 2 is 1.95 bits per heavy atom. The summed E-state index contributed by atoms with van der Waals surface area (Å²) in [5, 5.41) is 4.36. The second-order valence-electron chi connectivity index (χ2n) is 4.92. The van der Waals surface area contributed by atoms with Crippen LogP contribution >= 0.6 is 27.5 Å². The maximum absolute atomic E-state index is 6.24. The third-order valence-corrected chi connectivity index (χ3v) is 4.61. The van der Waals surface area contributed by atoms with Gasteiger partial charge in [0.15, 0.2) is 0 Å². The number of halogens is 2. The fourth-order valence-electron chi connectivity index (χ4n) is 2.30. The van der Waals surface area contributed by atoms with Crippen molar-refractivity contribution in [3.63, 3.8) is 0 Å². The van der Waals surface area contributed by atoms with Gasteiger partial charge >= 0.3 is 0 Å². The summed E-state index contributed by atoms with van der Waals surface area (Å²) in [4.78, 5) is 0. The van der Waals surface area contributed by atoms with E-state index in [0.29, 0.717) is 0 Å². The quantitative estimate of drug-likeness (QED) is 0.749. The van der Waals surface area contributed by atoms with Crippen molar-refractivity contribution < 1.29 is 0 Å². The van der Waals surface area contributed by atoms with Gasteiger partial charge in [0.1, 0.15) is 0 Å². The smallest absolute Gasteiger partial charge is 0.0579 e. The van der Waals surface area contributed by atoms with Gasteiger partial charge in [-0.15, -0.1) is 0 Å². The van der Waals surface area contributed by atoms with Crippen molar-refractivity contribution in [2.45, 2.75) is 26.3 Å². The second-order valence-corrected chi connectivity index (χ2v) is 6.18. The molecule has 2 rings (SSSR count). The minimum Gasteiger partial charge on any atom is -0.306 e. The molecule has 0 radical (unpaired) electrons. The monoisotopic (exact) mass is 351 g/mol. The van der Waals surface area contributed by atoms with Crippen LogP contribution in [0.5, 0.6) is 0 Å². The van der Waals surface area contributed by atoms with Crippen molar-refractivity contribution in [3.8, 4) is 0 Å². The molecule has 0 aliphatic rings. The Morgan fingerprint density at radius 3 is 2.60 bits per heavy atom. The lowest BCUT2D eigenvalue weighted by Gasteiger charge is -2.22. The van der Waals surface area contributed by atoms with Gasteiger partial charge in [-0.05, 0) is 64.6 Å². The predicted octanol–water partition coefficient (Wildman–Crippen LogP) is 5.50. The Labute approximate surface area is 134 Å². The van der Waals surface area contributed by atoms with Crippen molar-refractivity contribution in [1.29, 1.82) is 0 Å². The van der Waals surface area contributed by atoms with Gasteiger partial charge in [0.2, 0.25) is 0 Å². The second kappa shape index (κ2) is 7.26. The number of hydrogen-bond donors (Lipinski definition) is 1. The Morgan fingerprint density at radius 1 is 1.20 bits per heavy atom. The molecule has 1 unspecified atom stereocenters. The maximum Gasteiger partial charge on any atom is 0.0579 e. The highest BCUT2D eigenvalue weighted by molar-refractivity contribution is 9.10. The summed E-state index contributed by atoms with van der Waals surface area (Å²) in [6, 6.07) is 14.8. The van der Waals surface area contributed by atoms with Gasteiger partial charge in [0.25, 0.3) is 0 Å². The number of aryl methyl sites for hydroxylation is 1. The van der Waals surface area contributed by atoms with Crippen molar-refractivity contribution in [2.75, 3.05) is 6.54 Å². The molecule has 2 aromatic rings. The van der Waals surface area contributed by atoms with Crippen LogP contribution < -0.4 is 5.32 Å². The highest BCUT2D eigenvalue weighted by Crippen LogP contribution is 2.30. The number of rotatable bonds is 5. The molecule has 3 heteroatoms. The van der Waals surface area contributed by atoms with Gasteiger partial charge in [-0.25, -0.2) is 0 Å². The SMILES string of the molecule is CCCNC(c1ccc(Br)c(Cl)c1)c1ccccc1C. The van der Waals surface area contributed by atoms with Crippen LogP contribution in [0.1, 0.15) is 36.1 Å². The Bertz CT molecular complexity index is 583. The molecule has 0 heterocycles. The van der Waals surface area contributed by atoms with E-state index >= 15 is 0 Å². The van der Waals surface area contributed by atoms with Crippen LogP contribution in [0.4, 0.5) is 0 Å². The summed E-state index contributed by atoms with van der Waals surface area (Å²) in [5.74, 6) is 0. The van der Waals surface area contributed by atoms with E-state index in [9.17, 15) is 0 Å². The van der Waals surface area contributed by atoms with Gasteiger partial charge in [-0.1, -0.05) is 48.9 Å². The van der Waals surface area contributed by atoms with E-state index < -0.39 is 0 Å². The first-order chi connectivity index (χ1) is 9.63. The molecule has 0 spiro atoms. The fraction of sp³-hybridized carbons (Fsp3) is 0.294. The fourth-order valence-corrected chi connectivity index (χ4v) is 2.73. The van der Waals surface area contributed by atoms with Gasteiger partial charge in [0, 0.05) is 4.47 Å². The Kier molecular flexibility index (Phi) is 5.64. The normalized spacial score (nSPS) is 12.4. The van der Waals surface area contributed by atoms with Crippen LogP contribution in [0.15, 0.2) is 46.9 Å². The summed E-state index contributed by atoms with van der Waals surface area (Å²) < 4.78 is 0.932. The molecule has 1 N–H and O–H groups in total. The van der Waals surface area contributed by atoms with Gasteiger partial charge in [-0.3, -0.25) is 0 Å². The topological polar surface area (TPSA) is 12.0 Å². The molecule has 0 amide bonds. The lowest BCUT2D eigenvalue weighted by molar-refractivity contribution is 0.596. The van der Waals surface area contributed by atoms with E-state index in [1.165, 1.54) is 16.7 Å². The van der Waals surface area contributed by atoms with Gasteiger partial charge in [-0.2, -0.15) is 0 Å². The van der Waals surface area contributed by atoms with Crippen molar-refractivity contribution in [1.82, 2.24) is 5.32 Å². The molecule has 0 aromatic heterocycles. The molecule has 0 aliphatic heterocycles. The molecule has 106 valence electrons. The molecule has 1 nitrogen and oxygen atoms in total. The van der Waals surface area contributed by atoms with E-state index in [1.807, 2.05) is 12.1 Å². The van der Waals surface area contributed by atoms with Crippen LogP contribution in [-0.4, -0.2) is 6.54 Å². The molecular weight excluding hydrogens is 334 g/mol. The highest BCUT2D eigenvalue weighted by atomic mass is 79.9. The van der Waals surface area contributed by atoms with E-state index in [-0.39, 0.29) is 6.04 Å². The van der Waals surface area contributed by atoms with E-state index in [0.717, 1.165) is 22.5 Å². The van der Waals surface area contributed by atoms with E-state index in [4.69, 9.17) is 11.6 Å². The molecular formula is C17H19BrClN. The van der Waals surface area contributed by atoms with E-state index in [1.54, 1.807) is 0 Å². The average Bonchev–Trinajstić information content (AvgIpc) is 2.44. The van der Waals surface area contributed by atoms with Crippen LogP contribution in [0, 0.1) is 6.92 Å². The lowest BCUT2D eigenvalue weighted by Crippen LogP contribution is -2.23. The van der Waals surface area contributed by atoms with Crippen LogP contribution in [0.2, 0.25) is 5.02 Å². The molecule has 0 aliphatic carbocycles. The number of nitrogens with one attached hydrogen (secondary N) is 1. The first-order valence-corrected chi connectivity index (χ1v) is 8.04. The molecule has 1 atom stereocenters. The molecule has 0 saturated carbocycles. The van der Waals surface area contributed by atoms with Crippen molar-refractivity contribution in [3.05, 3.63) is 68.7 Å². The third-order valence-electron chi connectivity index (χ3n) is 3.37. The summed E-state index contributed by atoms with van der Waals surface area (Å²) >= 11 is 9.69. The minimum atomic E-state index is 0.182. The summed E-state index contributed by atoms with van der Waals surface area (Å²) in [6.07, 6.45) is 1.10. The highest BCUT2D eigenvalue weighted by Gasteiger charge is 2.16. The van der Waals surface area contributed by atoms with Crippen LogP contribution in [0.25, 0.3) is 0 Å². The largest absolute Gasteiger partial charge is 0.306 e. The zero-order chi connectivity index (χ0) is 14.5. The summed E-state index contributed by atoms with van der Waals surface area (Å²) in [6.45, 7) is 5.31. The first-order valence-electron chi connectivity index (χ1n) is 6.87. The Hall–Kier alpha value is -0.830. The first kappa shape index (κ1) is 15.6. The molecule has 2 aromatic carbocycles. The molecule has 0 saturated heterocycles. The van der Waals surface area contributed by atoms with Crippen molar-refractivity contribution >= 4 is 27.5 Å². The zero-order valence-corrected chi connectivity index (χ0v) is 14.1. The summed E-state index contributed by atoms with van der Waals surface area (Å²) in [7, 11) is 0. The minimum absolute atomic E-state index is 0.182. The molecule has 0 bridgehead atoms. The number of hydrogen-bond acceptors (Lipinski definition) is 1. The lowest BCUT2D eigenvalue weighted by atomic mass is 9.95. The Balaban J connectivity index is 2.41. The van der Waals surface area contributed by atoms with Gasteiger partial charge in [0.05, 0.1) is 11.1 Å². The molecule has 0 fully saturated rings. The standard InChI is InChI=1S/C17H19BrClN/c1-3-10-20-17(14-7-5-4-6-12(14)2)13-8-9-15(18)16(19)11-13/h4-9,11,17,20H,3,10H2,1-2H3. The zero-order valence-electron chi connectivity index (χ0n) is 11.8. The predicted molar refractivity (Wildman–Crippen MR) is 90.5 cm³/mol. The summed E-state index contributed by atoms with van der Waals surface area (Å²) in [5.41, 5.74) is 3.79. The van der Waals surface area contributed by atoms with E-state index in [2.05, 4.69) is 65.4 Å². The number of benzene rings is 2. The van der Waals surface area contributed by atoms with Gasteiger partial charge < -0.3 is 5.32 Å². The average molecular weight is 353 g/mol. The maximum atomic E-state index is 6.24. The van der Waals surface area contributed by atoms with Crippen LogP contribution in [0.3, 0.4) is 0 Å². The third kappa shape index (κ3) is 3.63. The molecule has 20 heavy (non-hydrogen) atoms. The van der Waals surface area contributed by atoms with Crippen molar-refractivity contribution in [2.24, 2.45) is 0 Å². The van der Waals surface area contributed by atoms with Crippen LogP contribution in [-0.2, 0) is 0 Å².